The highest BCUT2D eigenvalue weighted by molar-refractivity contribution is 6.35. The van der Waals surface area contributed by atoms with Gasteiger partial charge in [-0.2, -0.15) is 0 Å². The van der Waals surface area contributed by atoms with E-state index >= 15 is 0 Å². The Kier molecular flexibility index (Phi) is 6.26. The van der Waals surface area contributed by atoms with E-state index < -0.39 is 0 Å². The first-order valence-electron chi connectivity index (χ1n) is 9.96. The lowest BCUT2D eigenvalue weighted by Gasteiger charge is -2.11. The molecular weight excluding hydrogens is 445 g/mol. The average Bonchev–Trinajstić information content (AvgIpc) is 3.18. The second-order valence-corrected chi connectivity index (χ2v) is 8.35. The Morgan fingerprint density at radius 2 is 1.81 bits per heavy atom. The minimum Gasteiger partial charge on any atom is -0.496 e. The van der Waals surface area contributed by atoms with Crippen LogP contribution in [0.4, 0.5) is 5.69 Å². The summed E-state index contributed by atoms with van der Waals surface area (Å²) in [5.41, 5.74) is 5.91. The SMILES string of the molecule is COc1cc2occ(-c3ccc(C)cc3)c2cc1/C(C)=C/C(=O)Nc1cc(Cl)ccc1Cl. The summed E-state index contributed by atoms with van der Waals surface area (Å²) in [5, 5.41) is 4.61. The molecule has 32 heavy (non-hydrogen) atoms. The molecule has 0 saturated carbocycles. The third-order valence-corrected chi connectivity index (χ3v) is 5.78. The number of aryl methyl sites for hydroxylation is 1. The van der Waals surface area contributed by atoms with Crippen molar-refractivity contribution in [1.82, 2.24) is 0 Å². The smallest absolute Gasteiger partial charge is 0.248 e. The number of benzene rings is 3. The normalized spacial score (nSPS) is 11.6. The van der Waals surface area contributed by atoms with Crippen molar-refractivity contribution in [1.29, 1.82) is 0 Å². The highest BCUT2D eigenvalue weighted by Gasteiger charge is 2.15. The van der Waals surface area contributed by atoms with Crippen molar-refractivity contribution in [3.63, 3.8) is 0 Å². The molecule has 0 aliphatic carbocycles. The number of nitrogens with one attached hydrogen (secondary N) is 1. The third-order valence-electron chi connectivity index (χ3n) is 5.22. The highest BCUT2D eigenvalue weighted by Crippen LogP contribution is 2.37. The van der Waals surface area contributed by atoms with Crippen LogP contribution in [0, 0.1) is 6.92 Å². The van der Waals surface area contributed by atoms with Gasteiger partial charge in [-0.05, 0) is 49.2 Å². The summed E-state index contributed by atoms with van der Waals surface area (Å²) in [6.07, 6.45) is 3.25. The van der Waals surface area contributed by atoms with Crippen molar-refractivity contribution < 1.29 is 13.9 Å². The van der Waals surface area contributed by atoms with Gasteiger partial charge in [0.25, 0.3) is 0 Å². The molecule has 0 fully saturated rings. The number of halogens is 2. The second kappa shape index (κ2) is 9.11. The van der Waals surface area contributed by atoms with E-state index in [4.69, 9.17) is 32.4 Å². The van der Waals surface area contributed by atoms with Crippen LogP contribution in [0.25, 0.3) is 27.7 Å². The van der Waals surface area contributed by atoms with Crippen molar-refractivity contribution in [2.75, 3.05) is 12.4 Å². The molecule has 0 spiro atoms. The minimum atomic E-state index is -0.320. The molecule has 4 nitrogen and oxygen atoms in total. The summed E-state index contributed by atoms with van der Waals surface area (Å²) in [4.78, 5) is 12.6. The number of fused-ring (bicyclic) bond motifs is 1. The fraction of sp³-hybridized carbons (Fsp3) is 0.115. The fourth-order valence-corrected chi connectivity index (χ4v) is 3.86. The lowest BCUT2D eigenvalue weighted by atomic mass is 9.99. The minimum absolute atomic E-state index is 0.320. The molecule has 4 rings (SSSR count). The van der Waals surface area contributed by atoms with Gasteiger partial charge < -0.3 is 14.5 Å². The molecule has 4 aromatic rings. The second-order valence-electron chi connectivity index (χ2n) is 7.50. The molecule has 1 N–H and O–H groups in total. The molecule has 3 aromatic carbocycles. The van der Waals surface area contributed by atoms with Crippen LogP contribution in [-0.2, 0) is 4.79 Å². The van der Waals surface area contributed by atoms with Crippen LogP contribution in [0.1, 0.15) is 18.1 Å². The number of methoxy groups -OCH3 is 1. The molecule has 0 aliphatic rings. The maximum absolute atomic E-state index is 12.6. The quantitative estimate of drug-likeness (QED) is 0.306. The zero-order valence-corrected chi connectivity index (χ0v) is 19.3. The third kappa shape index (κ3) is 4.52. The van der Waals surface area contributed by atoms with E-state index in [1.54, 1.807) is 31.6 Å². The average molecular weight is 466 g/mol. The predicted octanol–water partition coefficient (Wildman–Crippen LogP) is 7.77. The van der Waals surface area contributed by atoms with E-state index in [1.807, 2.05) is 19.1 Å². The number of hydrogen-bond acceptors (Lipinski definition) is 3. The van der Waals surface area contributed by atoms with Crippen LogP contribution >= 0.6 is 23.2 Å². The molecule has 1 aromatic heterocycles. The first-order valence-corrected chi connectivity index (χ1v) is 10.7. The van der Waals surface area contributed by atoms with Gasteiger partial charge in [0.1, 0.15) is 11.3 Å². The van der Waals surface area contributed by atoms with E-state index in [0.717, 1.165) is 27.6 Å². The Bertz CT molecular complexity index is 1340. The van der Waals surface area contributed by atoms with Crippen LogP contribution in [0.15, 0.2) is 71.4 Å². The standard InChI is InChI=1S/C26H21Cl2NO3/c1-15-4-6-17(7-5-15)21-14-32-25-13-24(31-3)19(12-20(21)25)16(2)10-26(30)29-23-11-18(27)8-9-22(23)28/h4-14H,1-3H3,(H,29,30)/b16-10+. The summed E-state index contributed by atoms with van der Waals surface area (Å²) < 4.78 is 11.4. The predicted molar refractivity (Wildman–Crippen MR) is 132 cm³/mol. The van der Waals surface area contributed by atoms with Gasteiger partial charge in [-0.3, -0.25) is 4.79 Å². The number of hydrogen-bond donors (Lipinski definition) is 1. The van der Waals surface area contributed by atoms with E-state index in [9.17, 15) is 4.79 Å². The van der Waals surface area contributed by atoms with E-state index in [0.29, 0.717) is 27.1 Å². The lowest BCUT2D eigenvalue weighted by molar-refractivity contribution is -0.111. The van der Waals surface area contributed by atoms with Crippen molar-refractivity contribution >= 4 is 51.3 Å². The van der Waals surface area contributed by atoms with Crippen LogP contribution in [-0.4, -0.2) is 13.0 Å². The maximum Gasteiger partial charge on any atom is 0.248 e. The maximum atomic E-state index is 12.6. The number of furan rings is 1. The number of carbonyl (C=O) groups excluding carboxylic acids is 1. The number of amides is 1. The van der Waals surface area contributed by atoms with Crippen molar-refractivity contribution in [3.05, 3.63) is 88.1 Å². The first-order chi connectivity index (χ1) is 15.4. The summed E-state index contributed by atoms with van der Waals surface area (Å²) in [6, 6.07) is 17.0. The van der Waals surface area contributed by atoms with Crippen molar-refractivity contribution in [3.8, 4) is 16.9 Å². The molecule has 6 heteroatoms. The topological polar surface area (TPSA) is 51.5 Å². The van der Waals surface area contributed by atoms with Crippen LogP contribution in [0.5, 0.6) is 5.75 Å². The monoisotopic (exact) mass is 465 g/mol. The Labute approximate surface area is 196 Å². The molecule has 0 bridgehead atoms. The van der Waals surface area contributed by atoms with Gasteiger partial charge in [-0.25, -0.2) is 0 Å². The molecule has 1 amide bonds. The Morgan fingerprint density at radius 1 is 1.06 bits per heavy atom. The first kappa shape index (κ1) is 22.0. The molecule has 0 aliphatic heterocycles. The van der Waals surface area contributed by atoms with E-state index in [-0.39, 0.29) is 5.91 Å². The molecule has 0 atom stereocenters. The molecular formula is C26H21Cl2NO3. The van der Waals surface area contributed by atoms with Gasteiger partial charge in [0.15, 0.2) is 0 Å². The summed E-state index contributed by atoms with van der Waals surface area (Å²) in [7, 11) is 1.59. The van der Waals surface area contributed by atoms with Gasteiger partial charge in [-0.1, -0.05) is 53.0 Å². The fourth-order valence-electron chi connectivity index (χ4n) is 3.53. The van der Waals surface area contributed by atoms with E-state index in [2.05, 4.69) is 36.5 Å². The zero-order chi connectivity index (χ0) is 22.8. The van der Waals surface area contributed by atoms with Gasteiger partial charge in [0, 0.05) is 33.7 Å². The Morgan fingerprint density at radius 3 is 2.53 bits per heavy atom. The van der Waals surface area contributed by atoms with Crippen molar-refractivity contribution in [2.24, 2.45) is 0 Å². The number of rotatable bonds is 5. The van der Waals surface area contributed by atoms with Crippen LogP contribution in [0.3, 0.4) is 0 Å². The Hall–Kier alpha value is -3.21. The van der Waals surface area contributed by atoms with Gasteiger partial charge in [0.2, 0.25) is 5.91 Å². The molecule has 162 valence electrons. The highest BCUT2D eigenvalue weighted by atomic mass is 35.5. The number of carbonyl (C=O) groups is 1. The lowest BCUT2D eigenvalue weighted by Crippen LogP contribution is -2.09. The van der Waals surface area contributed by atoms with Gasteiger partial charge >= 0.3 is 0 Å². The zero-order valence-electron chi connectivity index (χ0n) is 17.8. The summed E-state index contributed by atoms with van der Waals surface area (Å²) in [5.74, 6) is 0.296. The molecule has 0 saturated heterocycles. The van der Waals surface area contributed by atoms with Gasteiger partial charge in [-0.15, -0.1) is 0 Å². The van der Waals surface area contributed by atoms with Crippen LogP contribution < -0.4 is 10.1 Å². The summed E-state index contributed by atoms with van der Waals surface area (Å²) >= 11 is 12.2. The largest absolute Gasteiger partial charge is 0.496 e. The number of ether oxygens (including phenoxy) is 1. The van der Waals surface area contributed by atoms with Gasteiger partial charge in [0.05, 0.1) is 24.1 Å². The summed E-state index contributed by atoms with van der Waals surface area (Å²) in [6.45, 7) is 3.91. The Balaban J connectivity index is 1.71. The number of anilines is 1. The van der Waals surface area contributed by atoms with Crippen LogP contribution in [0.2, 0.25) is 10.0 Å². The number of allylic oxidation sites excluding steroid dienone is 1. The molecule has 0 radical (unpaired) electrons. The van der Waals surface area contributed by atoms with E-state index in [1.165, 1.54) is 11.6 Å². The molecule has 0 unspecified atom stereocenters. The molecule has 1 heterocycles. The van der Waals surface area contributed by atoms with Crippen molar-refractivity contribution in [2.45, 2.75) is 13.8 Å².